The topological polar surface area (TPSA) is 131 Å². The minimum Gasteiger partial charge on any atom is -0.506 e. The Morgan fingerprint density at radius 3 is 2.35 bits per heavy atom. The van der Waals surface area contributed by atoms with Crippen molar-refractivity contribution in [3.63, 3.8) is 0 Å². The Bertz CT molecular complexity index is 1340. The average Bonchev–Trinajstić information content (AvgIpc) is 2.85. The molecule has 5 N–H and O–H groups in total. The number of alkyl carbamates (subject to hydrolysis) is 1. The summed E-state index contributed by atoms with van der Waals surface area (Å²) >= 11 is 6.67. The van der Waals surface area contributed by atoms with Crippen molar-refractivity contribution < 1.29 is 24.2 Å². The zero-order chi connectivity index (χ0) is 27.2. The second-order valence-corrected chi connectivity index (χ2v) is 10.4. The number of nitrogen functional groups attached to an aromatic ring is 1. The number of imide groups is 1. The van der Waals surface area contributed by atoms with Gasteiger partial charge in [-0.05, 0) is 58.4 Å². The fourth-order valence-electron chi connectivity index (χ4n) is 3.46. The molecule has 0 radical (unpaired) electrons. The summed E-state index contributed by atoms with van der Waals surface area (Å²) in [6, 6.07) is 18.3. The van der Waals surface area contributed by atoms with Crippen molar-refractivity contribution >= 4 is 61.1 Å². The van der Waals surface area contributed by atoms with Gasteiger partial charge in [0.15, 0.2) is 0 Å². The number of halogens is 2. The average molecular weight is 631 g/mol. The van der Waals surface area contributed by atoms with Gasteiger partial charge >= 0.3 is 6.09 Å². The Hall–Kier alpha value is -3.63. The molecule has 1 atom stereocenters. The highest BCUT2D eigenvalue weighted by atomic mass is 79.9. The highest BCUT2D eigenvalue weighted by molar-refractivity contribution is 9.11. The van der Waals surface area contributed by atoms with Crippen LogP contribution in [-0.2, 0) is 9.53 Å². The minimum atomic E-state index is -1.10. The maximum absolute atomic E-state index is 12.8. The number of hydrogen-bond acceptors (Lipinski definition) is 6. The van der Waals surface area contributed by atoms with Gasteiger partial charge in [-0.3, -0.25) is 14.9 Å². The lowest BCUT2D eigenvalue weighted by molar-refractivity contribution is -0.112. The highest BCUT2D eigenvalue weighted by Crippen LogP contribution is 2.45. The molecule has 3 aromatic carbocycles. The standard InChI is InChI=1S/C27H25Br2N3O5/c1-27(2,13-12-22(33)31-21-11-7-6-10-20(21)30)24(18-14-17(28)15-19(29)23(18)34)37-26(36)32-25(35)16-8-4-3-5-9-16/h3-15,24,34H,30H2,1-2H3,(H,31,33)(H,32,35,36)/b13-12+/t24-/m0/s1. The fraction of sp³-hybridized carbons (Fsp3) is 0.148. The molecule has 10 heteroatoms. The van der Waals surface area contributed by atoms with Crippen LogP contribution in [0, 0.1) is 5.41 Å². The summed E-state index contributed by atoms with van der Waals surface area (Å²) in [6.45, 7) is 3.44. The maximum Gasteiger partial charge on any atom is 0.414 e. The predicted octanol–water partition coefficient (Wildman–Crippen LogP) is 6.33. The number of carbonyl (C=O) groups excluding carboxylic acids is 3. The first-order valence-electron chi connectivity index (χ1n) is 11.1. The summed E-state index contributed by atoms with van der Waals surface area (Å²) in [7, 11) is 0. The fourth-order valence-corrected chi connectivity index (χ4v) is 4.71. The molecule has 0 bridgehead atoms. The molecule has 0 aromatic heterocycles. The van der Waals surface area contributed by atoms with E-state index in [0.717, 1.165) is 0 Å². The third-order valence-corrected chi connectivity index (χ3v) is 6.44. The number of nitrogens with one attached hydrogen (secondary N) is 2. The smallest absolute Gasteiger partial charge is 0.414 e. The molecule has 0 aliphatic heterocycles. The maximum atomic E-state index is 12.8. The van der Waals surface area contributed by atoms with Gasteiger partial charge in [-0.1, -0.05) is 66.2 Å². The van der Waals surface area contributed by atoms with E-state index in [4.69, 9.17) is 10.5 Å². The molecule has 3 aromatic rings. The van der Waals surface area contributed by atoms with Crippen LogP contribution in [0.1, 0.15) is 35.9 Å². The van der Waals surface area contributed by atoms with Gasteiger partial charge in [-0.25, -0.2) is 4.79 Å². The number of aromatic hydroxyl groups is 1. The lowest BCUT2D eigenvalue weighted by atomic mass is 9.81. The van der Waals surface area contributed by atoms with Gasteiger partial charge in [-0.2, -0.15) is 0 Å². The van der Waals surface area contributed by atoms with Gasteiger partial charge in [0.1, 0.15) is 11.9 Å². The summed E-state index contributed by atoms with van der Waals surface area (Å²) in [4.78, 5) is 37.8. The van der Waals surface area contributed by atoms with Crippen LogP contribution in [-0.4, -0.2) is 23.0 Å². The Morgan fingerprint density at radius 2 is 1.68 bits per heavy atom. The van der Waals surface area contributed by atoms with Crippen LogP contribution in [0.25, 0.3) is 0 Å². The quantitative estimate of drug-likeness (QED) is 0.178. The van der Waals surface area contributed by atoms with Gasteiger partial charge < -0.3 is 20.9 Å². The monoisotopic (exact) mass is 629 g/mol. The van der Waals surface area contributed by atoms with E-state index >= 15 is 0 Å². The molecule has 0 fully saturated rings. The molecule has 3 amide bonds. The summed E-state index contributed by atoms with van der Waals surface area (Å²) in [5, 5.41) is 15.7. The third kappa shape index (κ3) is 7.43. The van der Waals surface area contributed by atoms with Crippen molar-refractivity contribution in [3.05, 3.63) is 99.0 Å². The van der Waals surface area contributed by atoms with E-state index in [1.807, 2.05) is 0 Å². The zero-order valence-corrected chi connectivity index (χ0v) is 23.2. The number of ether oxygens (including phenoxy) is 1. The van der Waals surface area contributed by atoms with Crippen LogP contribution in [0.2, 0.25) is 0 Å². The van der Waals surface area contributed by atoms with Crippen molar-refractivity contribution in [1.29, 1.82) is 0 Å². The van der Waals surface area contributed by atoms with Gasteiger partial charge in [-0.15, -0.1) is 0 Å². The number of phenols is 1. The number of para-hydroxylation sites is 2. The van der Waals surface area contributed by atoms with Crippen LogP contribution in [0.3, 0.4) is 0 Å². The Balaban J connectivity index is 1.88. The van der Waals surface area contributed by atoms with Gasteiger partial charge in [0, 0.05) is 21.0 Å². The largest absolute Gasteiger partial charge is 0.506 e. The minimum absolute atomic E-state index is 0.154. The molecule has 0 saturated heterocycles. The summed E-state index contributed by atoms with van der Waals surface area (Å²) in [5.41, 5.74) is 6.26. The van der Waals surface area contributed by atoms with Crippen molar-refractivity contribution in [2.24, 2.45) is 5.41 Å². The van der Waals surface area contributed by atoms with E-state index < -0.39 is 29.4 Å². The first-order valence-corrected chi connectivity index (χ1v) is 12.7. The van der Waals surface area contributed by atoms with E-state index in [0.29, 0.717) is 20.3 Å². The molecule has 8 nitrogen and oxygen atoms in total. The number of nitrogens with two attached hydrogens (primary N) is 1. The second kappa shape index (κ2) is 12.1. The van der Waals surface area contributed by atoms with E-state index in [9.17, 15) is 19.5 Å². The van der Waals surface area contributed by atoms with Crippen LogP contribution in [0.5, 0.6) is 5.75 Å². The van der Waals surface area contributed by atoms with Crippen LogP contribution in [0.15, 0.2) is 87.8 Å². The Labute approximate surface area is 231 Å². The number of anilines is 2. The van der Waals surface area contributed by atoms with E-state index in [1.54, 1.807) is 86.7 Å². The summed E-state index contributed by atoms with van der Waals surface area (Å²) in [6.07, 6.45) is 0.722. The molecule has 0 aliphatic carbocycles. The summed E-state index contributed by atoms with van der Waals surface area (Å²) in [5.74, 6) is -1.25. The molecule has 0 heterocycles. The lowest BCUT2D eigenvalue weighted by Gasteiger charge is -2.32. The lowest BCUT2D eigenvalue weighted by Crippen LogP contribution is -2.35. The van der Waals surface area contributed by atoms with E-state index in [-0.39, 0.29) is 16.9 Å². The number of phenolic OH excluding ortho intramolecular Hbond substituents is 1. The van der Waals surface area contributed by atoms with Crippen molar-refractivity contribution in [3.8, 4) is 5.75 Å². The molecule has 192 valence electrons. The molecule has 3 rings (SSSR count). The molecular weight excluding hydrogens is 606 g/mol. The molecular formula is C27H25Br2N3O5. The van der Waals surface area contributed by atoms with E-state index in [1.165, 1.54) is 6.08 Å². The summed E-state index contributed by atoms with van der Waals surface area (Å²) < 4.78 is 6.65. The molecule has 37 heavy (non-hydrogen) atoms. The number of benzene rings is 3. The zero-order valence-electron chi connectivity index (χ0n) is 20.0. The predicted molar refractivity (Wildman–Crippen MR) is 149 cm³/mol. The van der Waals surface area contributed by atoms with Crippen LogP contribution in [0.4, 0.5) is 16.2 Å². The first-order chi connectivity index (χ1) is 17.5. The van der Waals surface area contributed by atoms with Crippen molar-refractivity contribution in [2.45, 2.75) is 20.0 Å². The number of carbonyl (C=O) groups is 3. The first kappa shape index (κ1) is 27.9. The second-order valence-electron chi connectivity index (χ2n) is 8.66. The van der Waals surface area contributed by atoms with Gasteiger partial charge in [0.25, 0.3) is 5.91 Å². The number of hydrogen-bond donors (Lipinski definition) is 4. The number of amides is 3. The molecule has 0 saturated carbocycles. The Kier molecular flexibility index (Phi) is 9.12. The van der Waals surface area contributed by atoms with Crippen molar-refractivity contribution in [1.82, 2.24) is 5.32 Å². The molecule has 0 spiro atoms. The SMILES string of the molecule is CC(C)(/C=C/C(=O)Nc1ccccc1N)[C@@H](OC(=O)NC(=O)c1ccccc1)c1cc(Br)cc(Br)c1O. The third-order valence-electron chi connectivity index (χ3n) is 5.38. The molecule has 0 aliphatic rings. The highest BCUT2D eigenvalue weighted by Gasteiger charge is 2.35. The molecule has 0 unspecified atom stereocenters. The van der Waals surface area contributed by atoms with E-state index in [2.05, 4.69) is 42.5 Å². The van der Waals surface area contributed by atoms with Gasteiger partial charge in [0.2, 0.25) is 5.91 Å². The Morgan fingerprint density at radius 1 is 1.03 bits per heavy atom. The van der Waals surface area contributed by atoms with Crippen molar-refractivity contribution in [2.75, 3.05) is 11.1 Å². The normalized spacial score (nSPS) is 12.1. The number of rotatable bonds is 7. The van der Waals surface area contributed by atoms with Crippen LogP contribution >= 0.6 is 31.9 Å². The van der Waals surface area contributed by atoms with Gasteiger partial charge in [0.05, 0.1) is 15.8 Å². The van der Waals surface area contributed by atoms with Crippen LogP contribution < -0.4 is 16.4 Å².